The van der Waals surface area contributed by atoms with E-state index < -0.39 is 0 Å². The fourth-order valence-electron chi connectivity index (χ4n) is 1.49. The lowest BCUT2D eigenvalue weighted by Crippen LogP contribution is -2.35. The lowest BCUT2D eigenvalue weighted by Gasteiger charge is -2.16. The molecule has 6 nitrogen and oxygen atoms in total. The molecule has 0 aliphatic rings. The van der Waals surface area contributed by atoms with Crippen LogP contribution in [0.5, 0.6) is 0 Å². The summed E-state index contributed by atoms with van der Waals surface area (Å²) in [5.74, 6) is 0.953. The third-order valence-electron chi connectivity index (χ3n) is 2.29. The molecular formula is C10H21N5O. The van der Waals surface area contributed by atoms with Gasteiger partial charge in [-0.2, -0.15) is 0 Å². The topological polar surface area (TPSA) is 66.2 Å². The van der Waals surface area contributed by atoms with Crippen molar-refractivity contribution in [2.75, 3.05) is 33.7 Å². The number of nitrogens with one attached hydrogen (secondary N) is 1. The average molecular weight is 227 g/mol. The van der Waals surface area contributed by atoms with Gasteiger partial charge in [0.15, 0.2) is 0 Å². The largest absolute Gasteiger partial charge is 0.390 e. The Morgan fingerprint density at radius 1 is 1.56 bits per heavy atom. The van der Waals surface area contributed by atoms with Crippen LogP contribution in [0.25, 0.3) is 0 Å². The quantitative estimate of drug-likeness (QED) is 0.577. The molecule has 0 saturated carbocycles. The van der Waals surface area contributed by atoms with Crippen LogP contribution in [0, 0.1) is 0 Å². The Hall–Kier alpha value is -0.980. The zero-order valence-corrected chi connectivity index (χ0v) is 10.2. The average Bonchev–Trinajstić information content (AvgIpc) is 2.58. The van der Waals surface area contributed by atoms with Gasteiger partial charge in [0.25, 0.3) is 0 Å². The summed E-state index contributed by atoms with van der Waals surface area (Å²) in [5, 5.41) is 20.6. The van der Waals surface area contributed by atoms with E-state index in [0.717, 1.165) is 18.8 Å². The predicted octanol–water partition coefficient (Wildman–Crippen LogP) is -1.13. The second kappa shape index (κ2) is 6.57. The number of aliphatic hydroxyl groups is 1. The van der Waals surface area contributed by atoms with Gasteiger partial charge in [0.2, 0.25) is 0 Å². The van der Waals surface area contributed by atoms with Crippen molar-refractivity contribution in [1.29, 1.82) is 0 Å². The fourth-order valence-corrected chi connectivity index (χ4v) is 1.49. The highest BCUT2D eigenvalue weighted by molar-refractivity contribution is 4.84. The lowest BCUT2D eigenvalue weighted by atomic mass is 10.3. The zero-order valence-electron chi connectivity index (χ0n) is 10.2. The number of hydrogen-bond acceptors (Lipinski definition) is 5. The van der Waals surface area contributed by atoms with Gasteiger partial charge in [-0.15, -0.1) is 10.2 Å². The van der Waals surface area contributed by atoms with Crippen LogP contribution in [0.3, 0.4) is 0 Å². The number of aromatic nitrogens is 3. The van der Waals surface area contributed by atoms with Crippen LogP contribution in [0.1, 0.15) is 5.82 Å². The Labute approximate surface area is 96.3 Å². The lowest BCUT2D eigenvalue weighted by molar-refractivity contribution is 0.135. The molecule has 16 heavy (non-hydrogen) atoms. The van der Waals surface area contributed by atoms with E-state index in [9.17, 15) is 5.11 Å². The normalized spacial score (nSPS) is 13.3. The van der Waals surface area contributed by atoms with E-state index in [1.165, 1.54) is 0 Å². The molecule has 1 aromatic rings. The van der Waals surface area contributed by atoms with Crippen molar-refractivity contribution in [3.05, 3.63) is 12.2 Å². The van der Waals surface area contributed by atoms with Crippen molar-refractivity contribution in [2.24, 2.45) is 7.05 Å². The maximum Gasteiger partial charge on any atom is 0.133 e. The monoisotopic (exact) mass is 227 g/mol. The third kappa shape index (κ3) is 4.69. The molecule has 0 spiro atoms. The molecule has 0 fully saturated rings. The first-order chi connectivity index (χ1) is 7.59. The van der Waals surface area contributed by atoms with Gasteiger partial charge in [0, 0.05) is 33.1 Å². The summed E-state index contributed by atoms with van der Waals surface area (Å²) in [7, 11) is 5.82. The van der Waals surface area contributed by atoms with Crippen LogP contribution in [0.2, 0.25) is 0 Å². The van der Waals surface area contributed by atoms with Gasteiger partial charge < -0.3 is 19.9 Å². The highest BCUT2D eigenvalue weighted by Gasteiger charge is 2.05. The highest BCUT2D eigenvalue weighted by Crippen LogP contribution is 1.91. The van der Waals surface area contributed by atoms with Crippen LogP contribution in [-0.2, 0) is 13.5 Å². The van der Waals surface area contributed by atoms with Crippen molar-refractivity contribution in [1.82, 2.24) is 25.0 Å². The molecule has 6 heteroatoms. The summed E-state index contributed by atoms with van der Waals surface area (Å²) in [6.45, 7) is 2.09. The molecule has 0 aliphatic heterocycles. The molecule has 0 aliphatic carbocycles. The summed E-state index contributed by atoms with van der Waals surface area (Å²) < 4.78 is 1.90. The number of aryl methyl sites for hydroxylation is 1. The third-order valence-corrected chi connectivity index (χ3v) is 2.29. The van der Waals surface area contributed by atoms with E-state index in [0.29, 0.717) is 13.1 Å². The fraction of sp³-hybridized carbons (Fsp3) is 0.800. The summed E-state index contributed by atoms with van der Waals surface area (Å²) in [6.07, 6.45) is 2.19. The van der Waals surface area contributed by atoms with Crippen molar-refractivity contribution >= 4 is 0 Å². The standard InChI is InChI=1S/C10H21N5O/c1-14(2)7-9(16)6-11-5-4-10-13-12-8-15(10)3/h8-9,11,16H,4-7H2,1-3H3. The number of hydrogen-bond donors (Lipinski definition) is 2. The minimum Gasteiger partial charge on any atom is -0.390 e. The van der Waals surface area contributed by atoms with Crippen LogP contribution in [-0.4, -0.2) is 64.6 Å². The van der Waals surface area contributed by atoms with Crippen molar-refractivity contribution < 1.29 is 5.11 Å². The van der Waals surface area contributed by atoms with E-state index in [4.69, 9.17) is 0 Å². The molecule has 1 unspecified atom stereocenters. The summed E-state index contributed by atoms with van der Waals surface area (Å²) in [6, 6.07) is 0. The maximum atomic E-state index is 9.59. The molecule has 0 amide bonds. The Morgan fingerprint density at radius 2 is 2.31 bits per heavy atom. The van der Waals surface area contributed by atoms with E-state index in [1.807, 2.05) is 30.6 Å². The predicted molar refractivity (Wildman–Crippen MR) is 62.1 cm³/mol. The van der Waals surface area contributed by atoms with E-state index in [1.54, 1.807) is 6.33 Å². The first kappa shape index (κ1) is 13.1. The number of likely N-dealkylation sites (N-methyl/N-ethyl adjacent to an activating group) is 1. The molecular weight excluding hydrogens is 206 g/mol. The molecule has 1 aromatic heterocycles. The smallest absolute Gasteiger partial charge is 0.133 e. The van der Waals surface area contributed by atoms with E-state index >= 15 is 0 Å². The van der Waals surface area contributed by atoms with Gasteiger partial charge >= 0.3 is 0 Å². The second-order valence-corrected chi connectivity index (χ2v) is 4.23. The van der Waals surface area contributed by atoms with Gasteiger partial charge in [-0.25, -0.2) is 0 Å². The van der Waals surface area contributed by atoms with E-state index in [2.05, 4.69) is 15.5 Å². The van der Waals surface area contributed by atoms with Crippen LogP contribution >= 0.6 is 0 Å². The second-order valence-electron chi connectivity index (χ2n) is 4.23. The minimum atomic E-state index is -0.325. The van der Waals surface area contributed by atoms with Crippen LogP contribution in [0.4, 0.5) is 0 Å². The van der Waals surface area contributed by atoms with Gasteiger partial charge in [0.05, 0.1) is 6.10 Å². The van der Waals surface area contributed by atoms with Crippen LogP contribution < -0.4 is 5.32 Å². The maximum absolute atomic E-state index is 9.59. The van der Waals surface area contributed by atoms with Gasteiger partial charge in [-0.3, -0.25) is 0 Å². The first-order valence-electron chi connectivity index (χ1n) is 5.46. The Kier molecular flexibility index (Phi) is 5.37. The summed E-state index contributed by atoms with van der Waals surface area (Å²) >= 11 is 0. The van der Waals surface area contributed by atoms with Gasteiger partial charge in [-0.1, -0.05) is 0 Å². The molecule has 1 rings (SSSR count). The molecule has 0 aromatic carbocycles. The number of nitrogens with zero attached hydrogens (tertiary/aromatic N) is 4. The van der Waals surface area contributed by atoms with Crippen molar-refractivity contribution in [2.45, 2.75) is 12.5 Å². The Balaban J connectivity index is 2.10. The van der Waals surface area contributed by atoms with Crippen molar-refractivity contribution in [3.63, 3.8) is 0 Å². The zero-order chi connectivity index (χ0) is 12.0. The van der Waals surface area contributed by atoms with Crippen LogP contribution in [0.15, 0.2) is 6.33 Å². The first-order valence-corrected chi connectivity index (χ1v) is 5.46. The molecule has 1 heterocycles. The molecule has 0 radical (unpaired) electrons. The number of rotatable bonds is 7. The highest BCUT2D eigenvalue weighted by atomic mass is 16.3. The van der Waals surface area contributed by atoms with Crippen molar-refractivity contribution in [3.8, 4) is 0 Å². The molecule has 92 valence electrons. The SMILES string of the molecule is CN(C)CC(O)CNCCc1nncn1C. The van der Waals surface area contributed by atoms with E-state index in [-0.39, 0.29) is 6.10 Å². The molecule has 0 bridgehead atoms. The Bertz CT molecular complexity index is 299. The Morgan fingerprint density at radius 3 is 2.88 bits per heavy atom. The summed E-state index contributed by atoms with van der Waals surface area (Å²) in [4.78, 5) is 1.97. The van der Waals surface area contributed by atoms with Gasteiger partial charge in [-0.05, 0) is 14.1 Å². The molecule has 0 saturated heterocycles. The number of aliphatic hydroxyl groups excluding tert-OH is 1. The minimum absolute atomic E-state index is 0.325. The summed E-state index contributed by atoms with van der Waals surface area (Å²) in [5.41, 5.74) is 0. The molecule has 2 N–H and O–H groups in total. The molecule has 1 atom stereocenters. The van der Waals surface area contributed by atoms with Gasteiger partial charge in [0.1, 0.15) is 12.2 Å².